The smallest absolute Gasteiger partial charge is 0.223 e. The number of aromatic nitrogens is 1. The number of hydrogen-bond acceptors (Lipinski definition) is 4. The van der Waals surface area contributed by atoms with E-state index >= 15 is 0 Å². The average molecular weight is 418 g/mol. The molecule has 2 aliphatic rings. The van der Waals surface area contributed by atoms with Crippen molar-refractivity contribution < 1.29 is 9.53 Å². The topological polar surface area (TPSA) is 54.5 Å². The van der Waals surface area contributed by atoms with Crippen molar-refractivity contribution in [1.82, 2.24) is 10.3 Å². The zero-order valence-electron chi connectivity index (χ0n) is 14.8. The summed E-state index contributed by atoms with van der Waals surface area (Å²) in [5.41, 5.74) is 0.997. The first-order chi connectivity index (χ1) is 12.7. The van der Waals surface area contributed by atoms with Crippen molar-refractivity contribution in [3.63, 3.8) is 0 Å². The first-order valence-electron chi connectivity index (χ1n) is 9.38. The number of halogens is 1. The molecule has 1 aromatic heterocycles. The molecule has 0 unspecified atom stereocenters. The van der Waals surface area contributed by atoms with Crippen molar-refractivity contribution in [2.24, 2.45) is 5.92 Å². The SMILES string of the molecule is O=C(NC1CCOCC1)C1CCN(c2ccc3ccc(Br)cc3n2)CC1. The van der Waals surface area contributed by atoms with Crippen LogP contribution in [0.3, 0.4) is 0 Å². The minimum absolute atomic E-state index is 0.115. The molecule has 6 heteroatoms. The van der Waals surface area contributed by atoms with E-state index in [-0.39, 0.29) is 17.9 Å². The zero-order valence-corrected chi connectivity index (χ0v) is 16.4. The lowest BCUT2D eigenvalue weighted by molar-refractivity contribution is -0.126. The lowest BCUT2D eigenvalue weighted by Gasteiger charge is -2.33. The summed E-state index contributed by atoms with van der Waals surface area (Å²) >= 11 is 3.51. The molecule has 1 aromatic carbocycles. The van der Waals surface area contributed by atoms with Crippen molar-refractivity contribution in [3.05, 3.63) is 34.8 Å². The highest BCUT2D eigenvalue weighted by molar-refractivity contribution is 9.10. The van der Waals surface area contributed by atoms with Gasteiger partial charge in [-0.1, -0.05) is 22.0 Å². The summed E-state index contributed by atoms with van der Waals surface area (Å²) in [7, 11) is 0. The van der Waals surface area contributed by atoms with Crippen molar-refractivity contribution in [3.8, 4) is 0 Å². The Morgan fingerprint density at radius 2 is 1.85 bits per heavy atom. The number of carbonyl (C=O) groups excluding carboxylic acids is 1. The van der Waals surface area contributed by atoms with Crippen LogP contribution in [0.25, 0.3) is 10.9 Å². The number of fused-ring (bicyclic) bond motifs is 1. The van der Waals surface area contributed by atoms with Crippen LogP contribution in [0.1, 0.15) is 25.7 Å². The fourth-order valence-corrected chi connectivity index (χ4v) is 4.14. The van der Waals surface area contributed by atoms with Gasteiger partial charge >= 0.3 is 0 Å². The Bertz CT molecular complexity index is 784. The van der Waals surface area contributed by atoms with Gasteiger partial charge in [0.1, 0.15) is 5.82 Å². The summed E-state index contributed by atoms with van der Waals surface area (Å²) in [4.78, 5) is 19.6. The third-order valence-corrected chi connectivity index (χ3v) is 5.89. The fraction of sp³-hybridized carbons (Fsp3) is 0.500. The Morgan fingerprint density at radius 3 is 2.62 bits per heavy atom. The molecule has 26 heavy (non-hydrogen) atoms. The van der Waals surface area contributed by atoms with E-state index in [0.717, 1.165) is 73.2 Å². The quantitative estimate of drug-likeness (QED) is 0.829. The second kappa shape index (κ2) is 7.92. The lowest BCUT2D eigenvalue weighted by Crippen LogP contribution is -2.45. The maximum absolute atomic E-state index is 12.5. The number of ether oxygens (including phenoxy) is 1. The Kier molecular flexibility index (Phi) is 5.41. The van der Waals surface area contributed by atoms with Gasteiger partial charge in [0.15, 0.2) is 0 Å². The van der Waals surface area contributed by atoms with Crippen LogP contribution < -0.4 is 10.2 Å². The van der Waals surface area contributed by atoms with E-state index in [2.05, 4.69) is 44.3 Å². The van der Waals surface area contributed by atoms with Crippen molar-refractivity contribution in [1.29, 1.82) is 0 Å². The standard InChI is InChI=1S/C20H24BrN3O2/c21-16-3-1-14-2-4-19(23-18(14)13-16)24-9-5-15(6-10-24)20(25)22-17-7-11-26-12-8-17/h1-4,13,15,17H,5-12H2,(H,22,25). The average Bonchev–Trinajstić information content (AvgIpc) is 2.68. The van der Waals surface area contributed by atoms with Gasteiger partial charge in [0.2, 0.25) is 5.91 Å². The van der Waals surface area contributed by atoms with Crippen LogP contribution >= 0.6 is 15.9 Å². The molecule has 1 amide bonds. The van der Waals surface area contributed by atoms with Crippen LogP contribution in [0.5, 0.6) is 0 Å². The molecule has 0 saturated carbocycles. The second-order valence-corrected chi connectivity index (χ2v) is 8.08. The molecule has 2 fully saturated rings. The van der Waals surface area contributed by atoms with E-state index in [1.54, 1.807) is 0 Å². The first-order valence-corrected chi connectivity index (χ1v) is 10.2. The van der Waals surface area contributed by atoms with E-state index in [1.165, 1.54) is 0 Å². The molecule has 5 nitrogen and oxygen atoms in total. The number of benzene rings is 1. The minimum Gasteiger partial charge on any atom is -0.381 e. The Hall–Kier alpha value is -1.66. The molecule has 0 aliphatic carbocycles. The van der Waals surface area contributed by atoms with E-state index in [1.807, 2.05) is 12.1 Å². The highest BCUT2D eigenvalue weighted by Gasteiger charge is 2.27. The molecular formula is C20H24BrN3O2. The molecule has 0 radical (unpaired) electrons. The number of amides is 1. The number of rotatable bonds is 3. The van der Waals surface area contributed by atoms with Crippen molar-refractivity contribution in [2.45, 2.75) is 31.7 Å². The van der Waals surface area contributed by atoms with Gasteiger partial charge in [0.25, 0.3) is 0 Å². The summed E-state index contributed by atoms with van der Waals surface area (Å²) < 4.78 is 6.40. The number of anilines is 1. The van der Waals surface area contributed by atoms with Crippen LogP contribution in [0.4, 0.5) is 5.82 Å². The normalized spacial score (nSPS) is 19.7. The number of carbonyl (C=O) groups is 1. The summed E-state index contributed by atoms with van der Waals surface area (Å²) in [5.74, 6) is 1.33. The summed E-state index contributed by atoms with van der Waals surface area (Å²) in [6.07, 6.45) is 3.63. The first kappa shape index (κ1) is 17.7. The van der Waals surface area contributed by atoms with E-state index in [9.17, 15) is 4.79 Å². The lowest BCUT2D eigenvalue weighted by atomic mass is 9.95. The number of pyridine rings is 1. The molecule has 138 valence electrons. The van der Waals surface area contributed by atoms with Crippen LogP contribution in [-0.2, 0) is 9.53 Å². The highest BCUT2D eigenvalue weighted by Crippen LogP contribution is 2.26. The van der Waals surface area contributed by atoms with Crippen LogP contribution in [0.15, 0.2) is 34.8 Å². The van der Waals surface area contributed by atoms with Gasteiger partial charge in [-0.05, 0) is 49.9 Å². The Morgan fingerprint density at radius 1 is 1.12 bits per heavy atom. The van der Waals surface area contributed by atoms with Crippen LogP contribution in [0, 0.1) is 5.92 Å². The predicted octanol–water partition coefficient (Wildman–Crippen LogP) is 3.51. The largest absolute Gasteiger partial charge is 0.381 e. The molecule has 0 bridgehead atoms. The highest BCUT2D eigenvalue weighted by atomic mass is 79.9. The van der Waals surface area contributed by atoms with Gasteiger partial charge in [0, 0.05) is 48.1 Å². The van der Waals surface area contributed by atoms with E-state index < -0.39 is 0 Å². The summed E-state index contributed by atoms with van der Waals surface area (Å²) in [6.45, 7) is 3.26. The molecule has 2 saturated heterocycles. The van der Waals surface area contributed by atoms with Gasteiger partial charge in [0.05, 0.1) is 5.52 Å². The third-order valence-electron chi connectivity index (χ3n) is 5.40. The minimum atomic E-state index is 0.115. The third kappa shape index (κ3) is 4.01. The predicted molar refractivity (Wildman–Crippen MR) is 106 cm³/mol. The van der Waals surface area contributed by atoms with E-state index in [0.29, 0.717) is 0 Å². The van der Waals surface area contributed by atoms with E-state index in [4.69, 9.17) is 9.72 Å². The molecule has 0 atom stereocenters. The fourth-order valence-electron chi connectivity index (χ4n) is 3.79. The second-order valence-electron chi connectivity index (χ2n) is 7.16. The molecule has 0 spiro atoms. The molecule has 4 rings (SSSR count). The monoisotopic (exact) mass is 417 g/mol. The van der Waals surface area contributed by atoms with Gasteiger partial charge in [-0.2, -0.15) is 0 Å². The molecular weight excluding hydrogens is 394 g/mol. The van der Waals surface area contributed by atoms with Crippen molar-refractivity contribution >= 4 is 38.6 Å². The maximum Gasteiger partial charge on any atom is 0.223 e. The number of piperidine rings is 1. The van der Waals surface area contributed by atoms with Gasteiger partial charge < -0.3 is 15.0 Å². The number of nitrogens with zero attached hydrogens (tertiary/aromatic N) is 2. The Balaban J connectivity index is 1.36. The Labute approximate surface area is 162 Å². The molecule has 2 aromatic rings. The van der Waals surface area contributed by atoms with Gasteiger partial charge in [-0.15, -0.1) is 0 Å². The van der Waals surface area contributed by atoms with Gasteiger partial charge in [-0.3, -0.25) is 4.79 Å². The zero-order chi connectivity index (χ0) is 17.9. The number of nitrogens with one attached hydrogen (secondary N) is 1. The summed E-state index contributed by atoms with van der Waals surface area (Å²) in [5, 5.41) is 4.36. The summed E-state index contributed by atoms with van der Waals surface area (Å²) in [6, 6.07) is 10.6. The van der Waals surface area contributed by atoms with Crippen LogP contribution in [0.2, 0.25) is 0 Å². The molecule has 2 aliphatic heterocycles. The van der Waals surface area contributed by atoms with Crippen molar-refractivity contribution in [2.75, 3.05) is 31.2 Å². The number of hydrogen-bond donors (Lipinski definition) is 1. The maximum atomic E-state index is 12.5. The molecule has 1 N–H and O–H groups in total. The molecule has 3 heterocycles. The van der Waals surface area contributed by atoms with Gasteiger partial charge in [-0.25, -0.2) is 4.98 Å². The van der Waals surface area contributed by atoms with Crippen LogP contribution in [-0.4, -0.2) is 43.2 Å².